The van der Waals surface area contributed by atoms with E-state index in [9.17, 15) is 10.4 Å². The minimum Gasteiger partial charge on any atom is -0.395 e. The predicted octanol–water partition coefficient (Wildman–Crippen LogP) is 4.29. The van der Waals surface area contributed by atoms with E-state index < -0.39 is 0 Å². The van der Waals surface area contributed by atoms with E-state index in [-0.39, 0.29) is 24.4 Å². The van der Waals surface area contributed by atoms with Gasteiger partial charge in [0.15, 0.2) is 11.3 Å². The molecule has 1 N–H and O–H groups in total. The number of anilines is 1. The fourth-order valence-corrected chi connectivity index (χ4v) is 6.26. The zero-order chi connectivity index (χ0) is 24.7. The Labute approximate surface area is 215 Å². The van der Waals surface area contributed by atoms with Crippen LogP contribution in [-0.2, 0) is 0 Å². The van der Waals surface area contributed by atoms with Gasteiger partial charge < -0.3 is 10.0 Å². The van der Waals surface area contributed by atoms with Crippen LogP contribution >= 0.6 is 23.2 Å². The van der Waals surface area contributed by atoms with Crippen LogP contribution in [0.1, 0.15) is 50.4 Å². The third-order valence-electron chi connectivity index (χ3n) is 7.52. The molecule has 2 fully saturated rings. The number of nitriles is 1. The Kier molecular flexibility index (Phi) is 6.86. The smallest absolute Gasteiger partial charge is 0.190 e. The number of nitrogens with zero attached hydrogens (tertiary/aromatic N) is 7. The van der Waals surface area contributed by atoms with Gasteiger partial charge in [0.05, 0.1) is 18.8 Å². The van der Waals surface area contributed by atoms with Crippen LogP contribution < -0.4 is 4.90 Å². The number of benzene rings is 1. The first-order valence-corrected chi connectivity index (χ1v) is 12.9. The molecule has 184 valence electrons. The first kappa shape index (κ1) is 24.3. The highest BCUT2D eigenvalue weighted by atomic mass is 35.5. The first-order valence-electron chi connectivity index (χ1n) is 12.1. The van der Waals surface area contributed by atoms with Gasteiger partial charge in [0, 0.05) is 35.2 Å². The average molecular weight is 514 g/mol. The number of likely N-dealkylation sites (tertiary alicyclic amines) is 1. The molecular weight excluding hydrogens is 485 g/mol. The molecule has 2 aliphatic rings. The highest BCUT2D eigenvalue weighted by molar-refractivity contribution is 6.35. The van der Waals surface area contributed by atoms with Gasteiger partial charge in [-0.1, -0.05) is 36.2 Å². The molecule has 8 nitrogen and oxygen atoms in total. The summed E-state index contributed by atoms with van der Waals surface area (Å²) in [5, 5.41) is 25.0. The summed E-state index contributed by atoms with van der Waals surface area (Å²) in [6, 6.07) is 8.00. The second-order valence-electron chi connectivity index (χ2n) is 9.64. The molecule has 0 radical (unpaired) electrons. The quantitative estimate of drug-likeness (QED) is 0.543. The van der Waals surface area contributed by atoms with Crippen molar-refractivity contribution < 1.29 is 5.11 Å². The van der Waals surface area contributed by atoms with Gasteiger partial charge in [-0.2, -0.15) is 10.4 Å². The van der Waals surface area contributed by atoms with E-state index in [1.807, 2.05) is 13.0 Å². The van der Waals surface area contributed by atoms with Crippen molar-refractivity contribution in [2.75, 3.05) is 31.1 Å². The Morgan fingerprint density at radius 3 is 2.80 bits per heavy atom. The van der Waals surface area contributed by atoms with Crippen LogP contribution in [0.5, 0.6) is 0 Å². The molecule has 4 atom stereocenters. The third-order valence-corrected chi connectivity index (χ3v) is 8.08. The largest absolute Gasteiger partial charge is 0.395 e. The molecule has 0 spiro atoms. The standard InChI is InChI=1S/C25H29Cl2N7O/c1-15-13-32(9-7-22(15)33-8-3-4-18(33)14-35)23-12-29-24-21(11-28)31-34(25(24)30-23)16(2)19-6-5-17(26)10-20(19)27/h5-6,10,12,15-16,18,22,35H,3-4,7-9,13-14H2,1-2H3/t15-,16-,18+,22?/m1/s1. The number of aliphatic hydroxyl groups excluding tert-OH is 1. The summed E-state index contributed by atoms with van der Waals surface area (Å²) in [5.74, 6) is 1.21. The third kappa shape index (κ3) is 4.47. The van der Waals surface area contributed by atoms with Crippen molar-refractivity contribution in [3.05, 3.63) is 45.7 Å². The van der Waals surface area contributed by atoms with Crippen LogP contribution in [-0.4, -0.2) is 68.1 Å². The summed E-state index contributed by atoms with van der Waals surface area (Å²) in [7, 11) is 0. The molecule has 35 heavy (non-hydrogen) atoms. The summed E-state index contributed by atoms with van der Waals surface area (Å²) in [6.45, 7) is 7.26. The molecule has 2 aliphatic heterocycles. The Hall–Kier alpha value is -2.44. The fraction of sp³-hybridized carbons (Fsp3) is 0.520. The summed E-state index contributed by atoms with van der Waals surface area (Å²) in [5.41, 5.74) is 2.13. The molecule has 5 rings (SSSR count). The van der Waals surface area contributed by atoms with E-state index in [1.165, 1.54) is 0 Å². The second-order valence-corrected chi connectivity index (χ2v) is 10.5. The molecule has 3 aromatic rings. The van der Waals surface area contributed by atoms with Crippen LogP contribution in [0.15, 0.2) is 24.4 Å². The molecular formula is C25H29Cl2N7O. The van der Waals surface area contributed by atoms with E-state index in [0.717, 1.165) is 50.3 Å². The molecule has 1 unspecified atom stereocenters. The topological polar surface area (TPSA) is 94.1 Å². The number of rotatable bonds is 5. The summed E-state index contributed by atoms with van der Waals surface area (Å²) >= 11 is 12.6. The number of hydrogen-bond acceptors (Lipinski definition) is 7. The average Bonchev–Trinajstić information content (AvgIpc) is 3.47. The van der Waals surface area contributed by atoms with Gasteiger partial charge in [-0.3, -0.25) is 4.90 Å². The lowest BCUT2D eigenvalue weighted by Crippen LogP contribution is -2.52. The van der Waals surface area contributed by atoms with Crippen molar-refractivity contribution in [1.29, 1.82) is 5.26 Å². The fourth-order valence-electron chi connectivity index (χ4n) is 5.69. The molecule has 0 saturated carbocycles. The SMILES string of the molecule is C[C@@H]1CN(c2cnc3c(C#N)nn([C@H](C)c4ccc(Cl)cc4Cl)c3n2)CCC1N1CCC[C@H]1CO. The Bertz CT molecular complexity index is 1270. The van der Waals surface area contributed by atoms with Gasteiger partial charge in [-0.15, -0.1) is 0 Å². The van der Waals surface area contributed by atoms with Crippen molar-refractivity contribution in [3.8, 4) is 6.07 Å². The van der Waals surface area contributed by atoms with Crippen LogP contribution in [0, 0.1) is 17.2 Å². The number of fused-ring (bicyclic) bond motifs is 1. The molecule has 2 aromatic heterocycles. The number of halogens is 2. The highest BCUT2D eigenvalue weighted by Crippen LogP contribution is 2.33. The lowest BCUT2D eigenvalue weighted by atomic mass is 9.92. The lowest BCUT2D eigenvalue weighted by Gasteiger charge is -2.43. The summed E-state index contributed by atoms with van der Waals surface area (Å²) in [6.07, 6.45) is 4.99. The van der Waals surface area contributed by atoms with Crippen LogP contribution in [0.2, 0.25) is 10.0 Å². The predicted molar refractivity (Wildman–Crippen MR) is 137 cm³/mol. The number of piperidine rings is 1. The van der Waals surface area contributed by atoms with Gasteiger partial charge in [-0.05, 0) is 56.3 Å². The molecule has 0 bridgehead atoms. The van der Waals surface area contributed by atoms with Crippen LogP contribution in [0.25, 0.3) is 11.2 Å². The van der Waals surface area contributed by atoms with Gasteiger partial charge in [0.2, 0.25) is 0 Å². The molecule has 4 heterocycles. The van der Waals surface area contributed by atoms with Gasteiger partial charge >= 0.3 is 0 Å². The highest BCUT2D eigenvalue weighted by Gasteiger charge is 2.36. The van der Waals surface area contributed by atoms with Crippen molar-refractivity contribution in [2.45, 2.75) is 51.2 Å². The maximum Gasteiger partial charge on any atom is 0.190 e. The van der Waals surface area contributed by atoms with Gasteiger partial charge in [-0.25, -0.2) is 14.6 Å². The molecule has 1 aromatic carbocycles. The minimum absolute atomic E-state index is 0.232. The number of aromatic nitrogens is 4. The van der Waals surface area contributed by atoms with Crippen molar-refractivity contribution in [2.24, 2.45) is 5.92 Å². The monoisotopic (exact) mass is 513 g/mol. The second kappa shape index (κ2) is 9.90. The molecule has 10 heteroatoms. The normalized spacial score (nSPS) is 24.1. The van der Waals surface area contributed by atoms with Crippen molar-refractivity contribution >= 4 is 40.2 Å². The maximum atomic E-state index is 9.77. The number of aliphatic hydroxyl groups is 1. The molecule has 2 saturated heterocycles. The Balaban J connectivity index is 1.44. The summed E-state index contributed by atoms with van der Waals surface area (Å²) in [4.78, 5) is 14.3. The zero-order valence-electron chi connectivity index (χ0n) is 19.9. The first-order chi connectivity index (χ1) is 16.9. The minimum atomic E-state index is -0.260. The van der Waals surface area contributed by atoms with E-state index in [2.05, 4.69) is 32.9 Å². The van der Waals surface area contributed by atoms with Gasteiger partial charge in [0.1, 0.15) is 17.4 Å². The van der Waals surface area contributed by atoms with Crippen LogP contribution in [0.3, 0.4) is 0 Å². The van der Waals surface area contributed by atoms with E-state index in [0.29, 0.717) is 33.2 Å². The van der Waals surface area contributed by atoms with Crippen molar-refractivity contribution in [1.82, 2.24) is 24.6 Å². The van der Waals surface area contributed by atoms with E-state index >= 15 is 0 Å². The zero-order valence-corrected chi connectivity index (χ0v) is 21.4. The Morgan fingerprint density at radius 2 is 2.09 bits per heavy atom. The lowest BCUT2D eigenvalue weighted by molar-refractivity contribution is 0.0800. The number of hydrogen-bond donors (Lipinski definition) is 1. The van der Waals surface area contributed by atoms with E-state index in [4.69, 9.17) is 28.2 Å². The van der Waals surface area contributed by atoms with E-state index in [1.54, 1.807) is 23.0 Å². The maximum absolute atomic E-state index is 9.77. The Morgan fingerprint density at radius 1 is 1.26 bits per heavy atom. The van der Waals surface area contributed by atoms with Crippen LogP contribution in [0.4, 0.5) is 5.82 Å². The molecule has 0 aliphatic carbocycles. The molecule has 0 amide bonds. The van der Waals surface area contributed by atoms with Gasteiger partial charge in [0.25, 0.3) is 0 Å². The van der Waals surface area contributed by atoms with Crippen molar-refractivity contribution in [3.63, 3.8) is 0 Å². The summed E-state index contributed by atoms with van der Waals surface area (Å²) < 4.78 is 1.73.